The van der Waals surface area contributed by atoms with Crippen LogP contribution in [0.5, 0.6) is 0 Å². The van der Waals surface area contributed by atoms with Gasteiger partial charge in [0.15, 0.2) is 6.29 Å². The topological polar surface area (TPSA) is 149 Å². The first kappa shape index (κ1) is 83.2. The molecule has 0 bridgehead atoms. The van der Waals surface area contributed by atoms with Crippen molar-refractivity contribution in [2.45, 2.75) is 429 Å². The quantitative estimate of drug-likeness (QED) is 0.0261. The van der Waals surface area contributed by atoms with E-state index in [1.807, 2.05) is 6.08 Å². The highest BCUT2D eigenvalue weighted by Gasteiger charge is 2.44. The lowest BCUT2D eigenvalue weighted by molar-refractivity contribution is -0.302. The standard InChI is InChI=1S/C78H147NO8/c1-3-5-7-9-11-13-15-17-19-21-23-25-27-28-29-30-31-32-33-34-35-36-37-38-39-40-41-42-43-44-46-48-50-52-54-56-58-60-62-64-66-68-74(82)79-71(70-86-78-77(85)76(84)75(83)73(69-80)87-78)72(81)67-65-63-61-59-57-55-53-51-49-47-45-26-24-22-20-18-16-14-12-10-8-6-4-2/h21,23,49,51,57,59,65,67,71-73,75-78,80-81,83-85H,3-20,22,24-48,50,52-56,58,60-64,66,68-70H2,1-2H3,(H,79,82)/b23-21-,51-49+,59-57+,67-65+. The van der Waals surface area contributed by atoms with Gasteiger partial charge >= 0.3 is 0 Å². The molecule has 0 saturated carbocycles. The maximum Gasteiger partial charge on any atom is 0.220 e. The molecule has 1 saturated heterocycles. The fourth-order valence-electron chi connectivity index (χ4n) is 12.4. The van der Waals surface area contributed by atoms with E-state index in [9.17, 15) is 30.3 Å². The molecule has 0 aromatic heterocycles. The predicted octanol–water partition coefficient (Wildman–Crippen LogP) is 21.5. The van der Waals surface area contributed by atoms with Gasteiger partial charge in [0.1, 0.15) is 24.4 Å². The van der Waals surface area contributed by atoms with Crippen LogP contribution in [0.25, 0.3) is 0 Å². The number of hydrogen-bond acceptors (Lipinski definition) is 8. The molecule has 6 N–H and O–H groups in total. The Bertz CT molecular complexity index is 1520. The molecule has 9 heteroatoms. The number of carbonyl (C=O) groups excluding carboxylic acids is 1. The van der Waals surface area contributed by atoms with Crippen molar-refractivity contribution in [2.75, 3.05) is 13.2 Å². The Hall–Kier alpha value is -1.85. The summed E-state index contributed by atoms with van der Waals surface area (Å²) in [6.07, 6.45) is 85.5. The van der Waals surface area contributed by atoms with Crippen LogP contribution in [-0.4, -0.2) is 87.5 Å². The summed E-state index contributed by atoms with van der Waals surface area (Å²) in [6, 6.07) is -0.829. The number of hydrogen-bond donors (Lipinski definition) is 6. The summed E-state index contributed by atoms with van der Waals surface area (Å²) in [5, 5.41) is 54.8. The monoisotopic (exact) mass is 1230 g/mol. The van der Waals surface area contributed by atoms with Gasteiger partial charge in [-0.05, 0) is 70.6 Å². The molecular weight excluding hydrogens is 1080 g/mol. The summed E-state index contributed by atoms with van der Waals surface area (Å²) in [5.74, 6) is -0.183. The molecule has 0 aromatic rings. The Morgan fingerprint density at radius 1 is 0.379 bits per heavy atom. The highest BCUT2D eigenvalue weighted by molar-refractivity contribution is 5.76. The average Bonchev–Trinajstić information content (AvgIpc) is 3.47. The van der Waals surface area contributed by atoms with Gasteiger partial charge in [0, 0.05) is 6.42 Å². The van der Waals surface area contributed by atoms with E-state index in [-0.39, 0.29) is 12.5 Å². The average molecular weight is 1230 g/mol. The minimum absolute atomic E-state index is 0.183. The van der Waals surface area contributed by atoms with Crippen LogP contribution in [0.15, 0.2) is 48.6 Å². The first-order valence-corrected chi connectivity index (χ1v) is 38.4. The van der Waals surface area contributed by atoms with Crippen LogP contribution in [-0.2, 0) is 14.3 Å². The van der Waals surface area contributed by atoms with Crippen LogP contribution in [0.4, 0.5) is 0 Å². The van der Waals surface area contributed by atoms with Crippen molar-refractivity contribution in [3.63, 3.8) is 0 Å². The lowest BCUT2D eigenvalue weighted by atomic mass is 9.99. The zero-order valence-corrected chi connectivity index (χ0v) is 57.5. The van der Waals surface area contributed by atoms with Crippen molar-refractivity contribution in [2.24, 2.45) is 0 Å². The molecule has 87 heavy (non-hydrogen) atoms. The van der Waals surface area contributed by atoms with E-state index in [1.165, 1.54) is 321 Å². The minimum Gasteiger partial charge on any atom is -0.394 e. The van der Waals surface area contributed by atoms with Gasteiger partial charge < -0.3 is 40.3 Å². The van der Waals surface area contributed by atoms with E-state index >= 15 is 0 Å². The molecule has 1 aliphatic rings. The van der Waals surface area contributed by atoms with Crippen LogP contribution in [0, 0.1) is 0 Å². The lowest BCUT2D eigenvalue weighted by Gasteiger charge is -2.40. The molecular formula is C78H147NO8. The van der Waals surface area contributed by atoms with Crippen molar-refractivity contribution in [3.05, 3.63) is 48.6 Å². The van der Waals surface area contributed by atoms with E-state index in [2.05, 4.69) is 55.6 Å². The van der Waals surface area contributed by atoms with E-state index in [0.29, 0.717) is 6.42 Å². The molecule has 0 aliphatic carbocycles. The van der Waals surface area contributed by atoms with Crippen LogP contribution >= 0.6 is 0 Å². The second-order valence-electron chi connectivity index (χ2n) is 26.8. The molecule has 1 aliphatic heterocycles. The number of nitrogens with one attached hydrogen (secondary N) is 1. The fourth-order valence-corrected chi connectivity index (χ4v) is 12.4. The number of ether oxygens (including phenoxy) is 2. The summed E-state index contributed by atoms with van der Waals surface area (Å²) in [5.41, 5.74) is 0. The Kier molecular flexibility index (Phi) is 64.1. The normalized spacial score (nSPS) is 18.2. The molecule has 512 valence electrons. The molecule has 9 nitrogen and oxygen atoms in total. The Morgan fingerprint density at radius 2 is 0.655 bits per heavy atom. The third kappa shape index (κ3) is 55.5. The van der Waals surface area contributed by atoms with E-state index in [4.69, 9.17) is 9.47 Å². The van der Waals surface area contributed by atoms with Gasteiger partial charge in [0.25, 0.3) is 0 Å². The van der Waals surface area contributed by atoms with Crippen molar-refractivity contribution in [3.8, 4) is 0 Å². The van der Waals surface area contributed by atoms with E-state index in [0.717, 1.165) is 44.9 Å². The predicted molar refractivity (Wildman–Crippen MR) is 373 cm³/mol. The Morgan fingerprint density at radius 3 is 0.966 bits per heavy atom. The first-order chi connectivity index (χ1) is 42.8. The molecule has 7 atom stereocenters. The molecule has 0 aromatic carbocycles. The summed E-state index contributed by atoms with van der Waals surface area (Å²) in [7, 11) is 0. The number of amides is 1. The van der Waals surface area contributed by atoms with Crippen molar-refractivity contribution in [1.82, 2.24) is 5.32 Å². The van der Waals surface area contributed by atoms with Crippen LogP contribution in [0.2, 0.25) is 0 Å². The minimum atomic E-state index is -1.58. The highest BCUT2D eigenvalue weighted by atomic mass is 16.7. The van der Waals surface area contributed by atoms with Crippen LogP contribution in [0.1, 0.15) is 386 Å². The summed E-state index contributed by atoms with van der Waals surface area (Å²) < 4.78 is 11.3. The molecule has 7 unspecified atom stereocenters. The molecule has 0 spiro atoms. The number of allylic oxidation sites excluding steroid dienone is 7. The van der Waals surface area contributed by atoms with Crippen molar-refractivity contribution in [1.29, 1.82) is 0 Å². The third-order valence-electron chi connectivity index (χ3n) is 18.4. The van der Waals surface area contributed by atoms with Crippen LogP contribution in [0.3, 0.4) is 0 Å². The van der Waals surface area contributed by atoms with Crippen LogP contribution < -0.4 is 5.32 Å². The zero-order valence-electron chi connectivity index (χ0n) is 57.5. The number of unbranched alkanes of at least 4 members (excludes halogenated alkanes) is 52. The SMILES string of the molecule is CCCCCCCCCC/C=C\CCCCCCCCCCCCCCCCCCCCCCCCCCCCCCCC(=O)NC(COC1OC(CO)C(O)C(O)C1O)C(O)/C=C/CC/C=C/CC/C=C/CCCCCCCCCCCCCCC. The van der Waals surface area contributed by atoms with Gasteiger partial charge in [-0.3, -0.25) is 4.79 Å². The zero-order chi connectivity index (χ0) is 62.8. The van der Waals surface area contributed by atoms with Gasteiger partial charge in [-0.1, -0.05) is 358 Å². The third-order valence-corrected chi connectivity index (χ3v) is 18.4. The largest absolute Gasteiger partial charge is 0.394 e. The first-order valence-electron chi connectivity index (χ1n) is 38.4. The van der Waals surface area contributed by atoms with Gasteiger partial charge in [0.05, 0.1) is 25.4 Å². The summed E-state index contributed by atoms with van der Waals surface area (Å²) in [6.45, 7) is 3.81. The summed E-state index contributed by atoms with van der Waals surface area (Å²) >= 11 is 0. The highest BCUT2D eigenvalue weighted by Crippen LogP contribution is 2.24. The maximum absolute atomic E-state index is 13.1. The number of carbonyl (C=O) groups is 1. The number of aliphatic hydroxyl groups is 5. The molecule has 1 fully saturated rings. The van der Waals surface area contributed by atoms with Gasteiger partial charge in [-0.25, -0.2) is 0 Å². The second-order valence-corrected chi connectivity index (χ2v) is 26.8. The smallest absolute Gasteiger partial charge is 0.220 e. The Balaban J connectivity index is 2.05. The molecule has 1 rings (SSSR count). The molecule has 1 amide bonds. The Labute approximate surface area is 539 Å². The fraction of sp³-hybridized carbons (Fsp3) is 0.885. The maximum atomic E-state index is 13.1. The number of rotatable bonds is 68. The molecule has 0 radical (unpaired) electrons. The number of aliphatic hydroxyl groups excluding tert-OH is 5. The molecule has 1 heterocycles. The second kappa shape index (κ2) is 67.1. The van der Waals surface area contributed by atoms with Gasteiger partial charge in [-0.2, -0.15) is 0 Å². The van der Waals surface area contributed by atoms with Gasteiger partial charge in [0.2, 0.25) is 5.91 Å². The van der Waals surface area contributed by atoms with Gasteiger partial charge in [-0.15, -0.1) is 0 Å². The van der Waals surface area contributed by atoms with Crippen molar-refractivity contribution < 1.29 is 39.8 Å². The summed E-state index contributed by atoms with van der Waals surface area (Å²) in [4.78, 5) is 13.1. The van der Waals surface area contributed by atoms with Crippen molar-refractivity contribution >= 4 is 5.91 Å². The van der Waals surface area contributed by atoms with E-state index in [1.54, 1.807) is 6.08 Å². The lowest BCUT2D eigenvalue weighted by Crippen LogP contribution is -2.60. The van der Waals surface area contributed by atoms with E-state index < -0.39 is 49.5 Å².